The summed E-state index contributed by atoms with van der Waals surface area (Å²) < 4.78 is 16.1. The lowest BCUT2D eigenvalue weighted by Gasteiger charge is -2.20. The van der Waals surface area contributed by atoms with E-state index in [-0.39, 0.29) is 0 Å². The molecule has 0 aromatic heterocycles. The Hall–Kier alpha value is -3.17. The van der Waals surface area contributed by atoms with Gasteiger partial charge in [0.25, 0.3) is 0 Å². The van der Waals surface area contributed by atoms with Crippen LogP contribution in [0.15, 0.2) is 42.5 Å². The number of hydrogen-bond acceptors (Lipinski definition) is 5. The summed E-state index contributed by atoms with van der Waals surface area (Å²) in [6.07, 6.45) is -0.592. The zero-order chi connectivity index (χ0) is 20.6. The molecule has 0 bridgehead atoms. The van der Waals surface area contributed by atoms with E-state index in [0.29, 0.717) is 35.9 Å². The molecule has 0 aliphatic carbocycles. The van der Waals surface area contributed by atoms with E-state index in [1.807, 2.05) is 30.3 Å². The SMILES string of the molecule is COCCOc1cc(NC(=O)OC(C)(C)C)c(N)cc1C#Cc1ccccc1. The van der Waals surface area contributed by atoms with Gasteiger partial charge in [-0.3, -0.25) is 5.32 Å². The fourth-order valence-electron chi connectivity index (χ4n) is 2.23. The smallest absolute Gasteiger partial charge is 0.412 e. The van der Waals surface area contributed by atoms with Crippen LogP contribution in [0.3, 0.4) is 0 Å². The number of anilines is 2. The quantitative estimate of drug-likeness (QED) is 0.463. The molecule has 2 aromatic rings. The van der Waals surface area contributed by atoms with Crippen LogP contribution in [0.4, 0.5) is 16.2 Å². The average molecular weight is 382 g/mol. The Labute approximate surface area is 166 Å². The molecule has 6 heteroatoms. The highest BCUT2D eigenvalue weighted by Gasteiger charge is 2.18. The van der Waals surface area contributed by atoms with E-state index in [4.69, 9.17) is 19.9 Å². The van der Waals surface area contributed by atoms with Crippen molar-refractivity contribution >= 4 is 17.5 Å². The van der Waals surface area contributed by atoms with Crippen molar-refractivity contribution in [3.63, 3.8) is 0 Å². The van der Waals surface area contributed by atoms with E-state index >= 15 is 0 Å². The predicted octanol–water partition coefficient (Wildman–Crippen LogP) is 4.04. The lowest BCUT2D eigenvalue weighted by molar-refractivity contribution is 0.0636. The highest BCUT2D eigenvalue weighted by atomic mass is 16.6. The lowest BCUT2D eigenvalue weighted by atomic mass is 10.1. The van der Waals surface area contributed by atoms with Gasteiger partial charge in [0, 0.05) is 18.7 Å². The van der Waals surface area contributed by atoms with Gasteiger partial charge in [0.15, 0.2) is 0 Å². The van der Waals surface area contributed by atoms with Crippen LogP contribution in [0.25, 0.3) is 0 Å². The minimum absolute atomic E-state index is 0.340. The number of carbonyl (C=O) groups excluding carboxylic acids is 1. The molecule has 148 valence electrons. The Balaban J connectivity index is 2.30. The third-order valence-electron chi connectivity index (χ3n) is 3.45. The summed E-state index contributed by atoms with van der Waals surface area (Å²) >= 11 is 0. The Bertz CT molecular complexity index is 862. The van der Waals surface area contributed by atoms with Gasteiger partial charge in [-0.2, -0.15) is 0 Å². The van der Waals surface area contributed by atoms with Gasteiger partial charge < -0.3 is 19.9 Å². The zero-order valence-corrected chi connectivity index (χ0v) is 16.7. The molecular weight excluding hydrogens is 356 g/mol. The Morgan fingerprint density at radius 3 is 2.46 bits per heavy atom. The van der Waals surface area contributed by atoms with Crippen LogP contribution in [0, 0.1) is 11.8 Å². The number of methoxy groups -OCH3 is 1. The third-order valence-corrected chi connectivity index (χ3v) is 3.45. The maximum absolute atomic E-state index is 12.1. The second-order valence-corrected chi connectivity index (χ2v) is 7.02. The van der Waals surface area contributed by atoms with Gasteiger partial charge in [0.1, 0.15) is 18.0 Å². The van der Waals surface area contributed by atoms with Crippen LogP contribution in [0.2, 0.25) is 0 Å². The zero-order valence-electron chi connectivity index (χ0n) is 16.7. The number of rotatable bonds is 5. The first-order valence-corrected chi connectivity index (χ1v) is 8.91. The van der Waals surface area contributed by atoms with Crippen LogP contribution in [0.5, 0.6) is 5.75 Å². The van der Waals surface area contributed by atoms with Gasteiger partial charge >= 0.3 is 6.09 Å². The fourth-order valence-corrected chi connectivity index (χ4v) is 2.23. The van der Waals surface area contributed by atoms with Gasteiger partial charge in [-0.1, -0.05) is 30.0 Å². The Kier molecular flexibility index (Phi) is 7.30. The van der Waals surface area contributed by atoms with Crippen LogP contribution < -0.4 is 15.8 Å². The predicted molar refractivity (Wildman–Crippen MR) is 111 cm³/mol. The van der Waals surface area contributed by atoms with Crippen molar-refractivity contribution in [3.05, 3.63) is 53.6 Å². The summed E-state index contributed by atoms with van der Waals surface area (Å²) in [4.78, 5) is 12.1. The number of carbonyl (C=O) groups is 1. The molecule has 0 aliphatic rings. The number of nitrogens with two attached hydrogens (primary N) is 1. The largest absolute Gasteiger partial charge is 0.490 e. The van der Waals surface area contributed by atoms with Crippen molar-refractivity contribution < 1.29 is 19.0 Å². The summed E-state index contributed by atoms with van der Waals surface area (Å²) in [5, 5.41) is 2.65. The second-order valence-electron chi connectivity index (χ2n) is 7.02. The van der Waals surface area contributed by atoms with Gasteiger partial charge in [-0.05, 0) is 39.0 Å². The monoisotopic (exact) mass is 382 g/mol. The summed E-state index contributed by atoms with van der Waals surface area (Å²) in [6, 6.07) is 12.9. The maximum atomic E-state index is 12.1. The van der Waals surface area contributed by atoms with Crippen molar-refractivity contribution in [2.24, 2.45) is 0 Å². The highest BCUT2D eigenvalue weighted by Crippen LogP contribution is 2.29. The molecule has 0 fully saturated rings. The Morgan fingerprint density at radius 1 is 1.11 bits per heavy atom. The second kappa shape index (κ2) is 9.67. The fraction of sp³-hybridized carbons (Fsp3) is 0.318. The highest BCUT2D eigenvalue weighted by molar-refractivity contribution is 5.90. The number of hydrogen-bond donors (Lipinski definition) is 2. The number of ether oxygens (including phenoxy) is 3. The molecule has 1 amide bonds. The van der Waals surface area contributed by atoms with Crippen molar-refractivity contribution in [2.45, 2.75) is 26.4 Å². The number of nitrogens with one attached hydrogen (secondary N) is 1. The average Bonchev–Trinajstić information content (AvgIpc) is 2.62. The molecule has 0 aliphatic heterocycles. The molecule has 2 aromatic carbocycles. The van der Waals surface area contributed by atoms with Crippen LogP contribution >= 0.6 is 0 Å². The standard InChI is InChI=1S/C22H26N2O4/c1-22(2,3)28-21(25)24-19-15-20(27-13-12-26-4)17(14-18(19)23)11-10-16-8-6-5-7-9-16/h5-9,14-15H,12-13,23H2,1-4H3,(H,24,25). The topological polar surface area (TPSA) is 82.8 Å². The third kappa shape index (κ3) is 6.86. The van der Waals surface area contributed by atoms with Crippen molar-refractivity contribution in [2.75, 3.05) is 31.4 Å². The van der Waals surface area contributed by atoms with Gasteiger partial charge in [0.2, 0.25) is 0 Å². The Morgan fingerprint density at radius 2 is 1.82 bits per heavy atom. The normalized spacial score (nSPS) is 10.6. The summed E-state index contributed by atoms with van der Waals surface area (Å²) in [6.45, 7) is 6.13. The minimum Gasteiger partial charge on any atom is -0.490 e. The summed E-state index contributed by atoms with van der Waals surface area (Å²) in [5.41, 5.74) is 7.75. The van der Waals surface area contributed by atoms with Crippen LogP contribution in [-0.2, 0) is 9.47 Å². The molecule has 0 heterocycles. The number of amides is 1. The van der Waals surface area contributed by atoms with E-state index in [0.717, 1.165) is 5.56 Å². The molecular formula is C22H26N2O4. The molecule has 28 heavy (non-hydrogen) atoms. The molecule has 0 radical (unpaired) electrons. The molecule has 2 rings (SSSR count). The van der Waals surface area contributed by atoms with E-state index in [2.05, 4.69) is 17.2 Å². The van der Waals surface area contributed by atoms with E-state index < -0.39 is 11.7 Å². The maximum Gasteiger partial charge on any atom is 0.412 e. The molecule has 0 spiro atoms. The first-order valence-electron chi connectivity index (χ1n) is 8.91. The summed E-state index contributed by atoms with van der Waals surface area (Å²) in [5.74, 6) is 6.66. The van der Waals surface area contributed by atoms with Crippen molar-refractivity contribution in [1.29, 1.82) is 0 Å². The molecule has 0 saturated heterocycles. The molecule has 6 nitrogen and oxygen atoms in total. The van der Waals surface area contributed by atoms with Crippen molar-refractivity contribution in [1.82, 2.24) is 0 Å². The van der Waals surface area contributed by atoms with E-state index in [9.17, 15) is 4.79 Å². The molecule has 3 N–H and O–H groups in total. The number of benzene rings is 2. The number of nitrogen functional groups attached to an aromatic ring is 1. The summed E-state index contributed by atoms with van der Waals surface area (Å²) in [7, 11) is 1.60. The molecule has 0 unspecified atom stereocenters. The molecule has 0 saturated carbocycles. The van der Waals surface area contributed by atoms with Crippen LogP contribution in [0.1, 0.15) is 31.9 Å². The van der Waals surface area contributed by atoms with E-state index in [1.54, 1.807) is 40.0 Å². The first-order chi connectivity index (χ1) is 13.3. The van der Waals surface area contributed by atoms with E-state index in [1.165, 1.54) is 0 Å². The van der Waals surface area contributed by atoms with Gasteiger partial charge in [-0.15, -0.1) is 0 Å². The molecule has 0 atom stereocenters. The first kappa shape index (κ1) is 21.1. The van der Waals surface area contributed by atoms with Gasteiger partial charge in [0.05, 0.1) is 23.5 Å². The van der Waals surface area contributed by atoms with Gasteiger partial charge in [-0.25, -0.2) is 4.79 Å². The minimum atomic E-state index is -0.613. The van der Waals surface area contributed by atoms with Crippen molar-refractivity contribution in [3.8, 4) is 17.6 Å². The van der Waals surface area contributed by atoms with Crippen LogP contribution in [-0.4, -0.2) is 32.0 Å². The lowest BCUT2D eigenvalue weighted by Crippen LogP contribution is -2.27.